The Morgan fingerprint density at radius 3 is 2.75 bits per heavy atom. The molecule has 0 fully saturated rings. The Labute approximate surface area is 161 Å². The molecule has 0 saturated carbocycles. The maximum Gasteiger partial charge on any atom is 0.259 e. The van der Waals surface area contributed by atoms with E-state index in [1.54, 1.807) is 42.4 Å². The monoisotopic (exact) mass is 380 g/mol. The van der Waals surface area contributed by atoms with Gasteiger partial charge in [0.1, 0.15) is 0 Å². The summed E-state index contributed by atoms with van der Waals surface area (Å²) in [4.78, 5) is 18.7. The number of hydrogen-bond acceptors (Lipinski definition) is 6. The molecular weight excluding hydrogens is 360 g/mol. The van der Waals surface area contributed by atoms with Crippen LogP contribution in [0.4, 0.5) is 5.69 Å². The van der Waals surface area contributed by atoms with Crippen molar-refractivity contribution in [1.29, 1.82) is 0 Å². The molecule has 8 nitrogen and oxygen atoms in total. The number of methoxy groups -OCH3 is 2. The predicted octanol–water partition coefficient (Wildman–Crippen LogP) is 2.11. The van der Waals surface area contributed by atoms with Crippen molar-refractivity contribution in [1.82, 2.24) is 14.8 Å². The van der Waals surface area contributed by atoms with Crippen LogP contribution in [-0.2, 0) is 13.1 Å². The van der Waals surface area contributed by atoms with Gasteiger partial charge in [0, 0.05) is 23.5 Å². The zero-order valence-corrected chi connectivity index (χ0v) is 15.6. The van der Waals surface area contributed by atoms with Crippen LogP contribution < -0.4 is 14.4 Å². The second-order valence-corrected chi connectivity index (χ2v) is 6.38. The first-order chi connectivity index (χ1) is 13.6. The van der Waals surface area contributed by atoms with Gasteiger partial charge in [-0.05, 0) is 29.3 Å². The maximum absolute atomic E-state index is 12.8. The molecule has 0 bridgehead atoms. The molecule has 2 aromatic heterocycles. The number of nitrogens with zero attached hydrogens (tertiary/aromatic N) is 4. The number of carbonyl (C=O) groups excluding carboxylic acids is 1. The quantitative estimate of drug-likeness (QED) is 0.705. The number of pyridine rings is 1. The second kappa shape index (κ2) is 7.32. The third-order valence-corrected chi connectivity index (χ3v) is 4.73. The SMILES string of the molecule is COc1cc(-c2ccc3c(c2)CN(c2cnn(CCO)c2)C3=O)cnc1OC. The van der Waals surface area contributed by atoms with Crippen molar-refractivity contribution in [2.45, 2.75) is 13.1 Å². The van der Waals surface area contributed by atoms with Gasteiger partial charge < -0.3 is 19.5 Å². The molecule has 1 aliphatic rings. The summed E-state index contributed by atoms with van der Waals surface area (Å²) in [6.07, 6.45) is 5.12. The smallest absolute Gasteiger partial charge is 0.259 e. The van der Waals surface area contributed by atoms with Gasteiger partial charge in [-0.3, -0.25) is 9.48 Å². The molecule has 0 saturated heterocycles. The molecule has 1 aliphatic heterocycles. The molecule has 0 unspecified atom stereocenters. The van der Waals surface area contributed by atoms with Crippen LogP contribution in [0.5, 0.6) is 11.6 Å². The van der Waals surface area contributed by atoms with E-state index in [0.29, 0.717) is 36.0 Å². The summed E-state index contributed by atoms with van der Waals surface area (Å²) in [6, 6.07) is 7.59. The number of rotatable bonds is 6. The third kappa shape index (κ3) is 3.07. The first kappa shape index (κ1) is 18.0. The van der Waals surface area contributed by atoms with Crippen molar-refractivity contribution in [3.63, 3.8) is 0 Å². The molecule has 3 aromatic rings. The van der Waals surface area contributed by atoms with Crippen LogP contribution in [0.2, 0.25) is 0 Å². The van der Waals surface area contributed by atoms with E-state index in [1.807, 2.05) is 24.3 Å². The second-order valence-electron chi connectivity index (χ2n) is 6.38. The summed E-state index contributed by atoms with van der Waals surface area (Å²) in [7, 11) is 3.11. The van der Waals surface area contributed by atoms with Crippen molar-refractivity contribution in [2.24, 2.45) is 0 Å². The lowest BCUT2D eigenvalue weighted by atomic mass is 10.0. The predicted molar refractivity (Wildman–Crippen MR) is 103 cm³/mol. The highest BCUT2D eigenvalue weighted by Crippen LogP contribution is 2.34. The molecule has 3 heterocycles. The Bertz CT molecular complexity index is 1030. The first-order valence-corrected chi connectivity index (χ1v) is 8.81. The minimum atomic E-state index is -0.0597. The highest BCUT2D eigenvalue weighted by atomic mass is 16.5. The van der Waals surface area contributed by atoms with E-state index in [2.05, 4.69) is 10.1 Å². The van der Waals surface area contributed by atoms with Gasteiger partial charge in [0.25, 0.3) is 11.8 Å². The van der Waals surface area contributed by atoms with Crippen molar-refractivity contribution >= 4 is 11.6 Å². The van der Waals surface area contributed by atoms with Crippen LogP contribution in [0.3, 0.4) is 0 Å². The molecule has 1 aromatic carbocycles. The Balaban J connectivity index is 1.63. The van der Waals surface area contributed by atoms with Crippen molar-refractivity contribution < 1.29 is 19.4 Å². The Morgan fingerprint density at radius 1 is 1.14 bits per heavy atom. The fraction of sp³-hybridized carbons (Fsp3) is 0.250. The molecular formula is C20H20N4O4. The van der Waals surface area contributed by atoms with Gasteiger partial charge in [-0.25, -0.2) is 4.98 Å². The number of ether oxygens (including phenoxy) is 2. The summed E-state index contributed by atoms with van der Waals surface area (Å²) in [5, 5.41) is 13.2. The first-order valence-electron chi connectivity index (χ1n) is 8.81. The number of aliphatic hydroxyl groups excluding tert-OH is 1. The largest absolute Gasteiger partial charge is 0.491 e. The van der Waals surface area contributed by atoms with Gasteiger partial charge in [0.05, 0.1) is 45.8 Å². The molecule has 28 heavy (non-hydrogen) atoms. The van der Waals surface area contributed by atoms with Crippen LogP contribution in [-0.4, -0.2) is 46.6 Å². The molecule has 8 heteroatoms. The minimum absolute atomic E-state index is 0.00197. The van der Waals surface area contributed by atoms with Crippen molar-refractivity contribution in [3.8, 4) is 22.8 Å². The molecule has 144 valence electrons. The van der Waals surface area contributed by atoms with Crippen LogP contribution in [0.15, 0.2) is 42.9 Å². The van der Waals surface area contributed by atoms with E-state index >= 15 is 0 Å². The summed E-state index contributed by atoms with van der Waals surface area (Å²) in [5.41, 5.74) is 4.14. The highest BCUT2D eigenvalue weighted by Gasteiger charge is 2.29. The maximum atomic E-state index is 12.8. The van der Waals surface area contributed by atoms with E-state index < -0.39 is 0 Å². The minimum Gasteiger partial charge on any atom is -0.491 e. The average molecular weight is 380 g/mol. The lowest BCUT2D eigenvalue weighted by Gasteiger charge is -2.12. The molecule has 0 aliphatic carbocycles. The van der Waals surface area contributed by atoms with Gasteiger partial charge in [-0.15, -0.1) is 0 Å². The van der Waals surface area contributed by atoms with Gasteiger partial charge in [0.15, 0.2) is 5.75 Å². The van der Waals surface area contributed by atoms with Gasteiger partial charge >= 0.3 is 0 Å². The topological polar surface area (TPSA) is 89.7 Å². The number of aromatic nitrogens is 3. The lowest BCUT2D eigenvalue weighted by molar-refractivity contribution is 0.0996. The summed E-state index contributed by atoms with van der Waals surface area (Å²) in [5.74, 6) is 0.915. The van der Waals surface area contributed by atoms with Gasteiger partial charge in [-0.1, -0.05) is 6.07 Å². The molecule has 0 radical (unpaired) electrons. The van der Waals surface area contributed by atoms with E-state index in [-0.39, 0.29) is 12.5 Å². The molecule has 0 spiro atoms. The Morgan fingerprint density at radius 2 is 2.00 bits per heavy atom. The number of aliphatic hydroxyl groups is 1. The van der Waals surface area contributed by atoms with Crippen molar-refractivity contribution in [3.05, 3.63) is 54.0 Å². The standard InChI is InChI=1S/C20H20N4O4/c1-27-18-8-14(9-21-19(18)28-2)13-3-4-17-15(7-13)11-24(20(17)26)16-10-22-23(12-16)5-6-25/h3-4,7-10,12,25H,5-6,11H2,1-2H3. The van der Waals surface area contributed by atoms with E-state index in [1.165, 1.54) is 0 Å². The highest BCUT2D eigenvalue weighted by molar-refractivity contribution is 6.10. The lowest BCUT2D eigenvalue weighted by Crippen LogP contribution is -2.22. The Kier molecular flexibility index (Phi) is 4.70. The van der Waals surface area contributed by atoms with Crippen LogP contribution in [0.1, 0.15) is 15.9 Å². The average Bonchev–Trinajstić information content (AvgIpc) is 3.31. The summed E-state index contributed by atoms with van der Waals surface area (Å²) >= 11 is 0. The number of anilines is 1. The van der Waals surface area contributed by atoms with E-state index in [4.69, 9.17) is 14.6 Å². The van der Waals surface area contributed by atoms with Gasteiger partial charge in [0.2, 0.25) is 0 Å². The van der Waals surface area contributed by atoms with E-state index in [9.17, 15) is 4.79 Å². The zero-order valence-electron chi connectivity index (χ0n) is 15.6. The molecule has 4 rings (SSSR count). The third-order valence-electron chi connectivity index (χ3n) is 4.73. The number of hydrogen-bond donors (Lipinski definition) is 1. The normalized spacial score (nSPS) is 13.0. The van der Waals surface area contributed by atoms with E-state index in [0.717, 1.165) is 16.7 Å². The van der Waals surface area contributed by atoms with Crippen molar-refractivity contribution in [2.75, 3.05) is 25.7 Å². The number of fused-ring (bicyclic) bond motifs is 1. The Hall–Kier alpha value is -3.39. The van der Waals surface area contributed by atoms with Crippen LogP contribution >= 0.6 is 0 Å². The van der Waals surface area contributed by atoms with Crippen LogP contribution in [0.25, 0.3) is 11.1 Å². The number of benzene rings is 1. The fourth-order valence-corrected chi connectivity index (χ4v) is 3.32. The molecule has 0 atom stereocenters. The number of amides is 1. The summed E-state index contributed by atoms with van der Waals surface area (Å²) < 4.78 is 12.1. The molecule has 1 N–H and O–H groups in total. The fourth-order valence-electron chi connectivity index (χ4n) is 3.32. The van der Waals surface area contributed by atoms with Gasteiger partial charge in [-0.2, -0.15) is 5.10 Å². The zero-order chi connectivity index (χ0) is 19.7. The summed E-state index contributed by atoms with van der Waals surface area (Å²) in [6.45, 7) is 0.858. The number of carbonyl (C=O) groups is 1. The molecule has 1 amide bonds. The van der Waals surface area contributed by atoms with Crippen LogP contribution in [0, 0.1) is 0 Å².